The minimum atomic E-state index is -0.333. The van der Waals surface area contributed by atoms with Crippen LogP contribution in [0.2, 0.25) is 0 Å². The first-order valence-electron chi connectivity index (χ1n) is 2.02. The second-order valence-electron chi connectivity index (χ2n) is 0.927. The van der Waals surface area contributed by atoms with Crippen LogP contribution < -0.4 is 11.9 Å². The maximum atomic E-state index is 9.22. The van der Waals surface area contributed by atoms with Gasteiger partial charge in [0.25, 0.3) is 0 Å². The predicted octanol–water partition coefficient (Wildman–Crippen LogP) is -0.348. The van der Waals surface area contributed by atoms with Gasteiger partial charge in [0.1, 0.15) is 0 Å². The summed E-state index contributed by atoms with van der Waals surface area (Å²) >= 11 is 0. The summed E-state index contributed by atoms with van der Waals surface area (Å²) in [7, 11) is 0. The molecular formula is C4H14N2O2. The van der Waals surface area contributed by atoms with Crippen molar-refractivity contribution in [1.29, 1.82) is 0 Å². The molecule has 52 valence electrons. The van der Waals surface area contributed by atoms with Crippen LogP contribution in [0.15, 0.2) is 0 Å². The zero-order valence-electron chi connectivity index (χ0n) is 5.35. The van der Waals surface area contributed by atoms with E-state index in [-0.39, 0.29) is 18.7 Å². The summed E-state index contributed by atoms with van der Waals surface area (Å²) in [6.45, 7) is 3.24. The Morgan fingerprint density at radius 2 is 1.75 bits per heavy atom. The molecule has 4 nitrogen and oxygen atoms in total. The van der Waals surface area contributed by atoms with Gasteiger partial charge in [0.15, 0.2) is 0 Å². The molecule has 0 aliphatic rings. The molecule has 0 aromatic heterocycles. The van der Waals surface area contributed by atoms with Gasteiger partial charge in [-0.1, -0.05) is 0 Å². The Kier molecular flexibility index (Phi) is 31.6. The molecule has 0 aromatic carbocycles. The number of hydrogen-bond acceptors (Lipinski definition) is 3. The number of rotatable bonds is 0. The zero-order chi connectivity index (χ0) is 6.28. The average Bonchev–Trinajstić information content (AvgIpc) is 1.33. The van der Waals surface area contributed by atoms with Gasteiger partial charge in [0.05, 0.1) is 0 Å². The molecule has 0 atom stereocenters. The van der Waals surface area contributed by atoms with Crippen LogP contribution in [-0.2, 0) is 4.79 Å². The third-order valence-corrected chi connectivity index (χ3v) is 0. The summed E-state index contributed by atoms with van der Waals surface area (Å²) in [6.07, 6.45) is 0. The Morgan fingerprint density at radius 3 is 1.75 bits per heavy atom. The van der Waals surface area contributed by atoms with Crippen LogP contribution in [0.4, 0.5) is 0 Å². The lowest BCUT2D eigenvalue weighted by Crippen LogP contribution is -2.01. The van der Waals surface area contributed by atoms with Crippen LogP contribution >= 0.6 is 0 Å². The Bertz CT molecular complexity index is 43.3. The molecular weight excluding hydrogens is 108 g/mol. The predicted molar refractivity (Wildman–Crippen MR) is 32.7 cm³/mol. The summed E-state index contributed by atoms with van der Waals surface area (Å²) in [5.74, 6) is -0.333. The molecule has 0 bridgehead atoms. The maximum Gasteiger partial charge on any atom is 0.214 e. The van der Waals surface area contributed by atoms with Crippen LogP contribution in [0.1, 0.15) is 13.8 Å². The summed E-state index contributed by atoms with van der Waals surface area (Å²) in [6, 6.07) is 0. The van der Waals surface area contributed by atoms with Gasteiger partial charge in [-0.05, 0) is 6.92 Å². The quantitative estimate of drug-likeness (QED) is 0.409. The van der Waals surface area contributed by atoms with E-state index in [1.807, 2.05) is 0 Å². The molecule has 0 aromatic rings. The lowest BCUT2D eigenvalue weighted by Gasteiger charge is -1.60. The molecule has 0 saturated carbocycles. The van der Waals surface area contributed by atoms with Gasteiger partial charge in [-0.3, -0.25) is 4.79 Å². The van der Waals surface area contributed by atoms with Crippen LogP contribution in [0.5, 0.6) is 0 Å². The van der Waals surface area contributed by atoms with Gasteiger partial charge in [-0.15, -0.1) is 0 Å². The van der Waals surface area contributed by atoms with Crippen molar-refractivity contribution >= 4 is 5.91 Å². The molecule has 0 rings (SSSR count). The topological polar surface area (TPSA) is 98.3 Å². The first-order chi connectivity index (χ1) is 3.15. The number of hydrogen-bond donors (Lipinski definition) is 3. The van der Waals surface area contributed by atoms with E-state index < -0.39 is 0 Å². The van der Waals surface area contributed by atoms with Crippen molar-refractivity contribution in [3.8, 4) is 0 Å². The Balaban J connectivity index is -0.0000000575. The van der Waals surface area contributed by atoms with Gasteiger partial charge < -0.3 is 17.0 Å². The average molecular weight is 122 g/mol. The fourth-order valence-corrected chi connectivity index (χ4v) is 0. The van der Waals surface area contributed by atoms with Crippen molar-refractivity contribution in [1.82, 2.24) is 6.15 Å². The van der Waals surface area contributed by atoms with E-state index in [1.54, 1.807) is 6.92 Å². The van der Waals surface area contributed by atoms with Gasteiger partial charge in [0, 0.05) is 13.5 Å². The van der Waals surface area contributed by atoms with E-state index in [4.69, 9.17) is 5.11 Å². The number of carbonyl (C=O) groups is 1. The molecule has 0 unspecified atom stereocenters. The number of carbonyl (C=O) groups excluding carboxylic acids is 1. The summed E-state index contributed by atoms with van der Waals surface area (Å²) in [4.78, 5) is 9.22. The van der Waals surface area contributed by atoms with Gasteiger partial charge in [0.2, 0.25) is 5.91 Å². The second kappa shape index (κ2) is 16.2. The monoisotopic (exact) mass is 122 g/mol. The molecule has 8 heavy (non-hydrogen) atoms. The van der Waals surface area contributed by atoms with E-state index in [9.17, 15) is 4.79 Å². The largest absolute Gasteiger partial charge is 0.397 e. The van der Waals surface area contributed by atoms with Crippen molar-refractivity contribution in [2.24, 2.45) is 5.73 Å². The Morgan fingerprint density at radius 1 is 1.75 bits per heavy atom. The van der Waals surface area contributed by atoms with Gasteiger partial charge >= 0.3 is 0 Å². The summed E-state index contributed by atoms with van der Waals surface area (Å²) < 4.78 is 0. The highest BCUT2D eigenvalue weighted by Crippen LogP contribution is 1.33. The van der Waals surface area contributed by atoms with E-state index >= 15 is 0 Å². The van der Waals surface area contributed by atoms with Crippen LogP contribution in [-0.4, -0.2) is 17.6 Å². The fourth-order valence-electron chi connectivity index (χ4n) is 0. The normalized spacial score (nSPS) is 5.38. The molecule has 0 radical (unpaired) electrons. The SMILES string of the molecule is CC(N)=O.CCO.N. The Hall–Kier alpha value is -0.610. The second-order valence-corrected chi connectivity index (χ2v) is 0.927. The third-order valence-electron chi connectivity index (χ3n) is 0. The molecule has 6 N–H and O–H groups in total. The smallest absolute Gasteiger partial charge is 0.214 e. The van der Waals surface area contributed by atoms with Gasteiger partial charge in [-0.25, -0.2) is 0 Å². The lowest BCUT2D eigenvalue weighted by atomic mass is 10.8. The first-order valence-corrected chi connectivity index (χ1v) is 2.02. The van der Waals surface area contributed by atoms with Gasteiger partial charge in [-0.2, -0.15) is 0 Å². The molecule has 0 fully saturated rings. The third kappa shape index (κ3) is 279. The highest BCUT2D eigenvalue weighted by atomic mass is 16.2. The minimum absolute atomic E-state index is 0. The van der Waals surface area contributed by atoms with E-state index in [0.717, 1.165) is 0 Å². The standard InChI is InChI=1S/C2H5NO.C2H6O.H3N/c1-2(3)4;1-2-3;/h1H3,(H2,3,4);3H,2H2,1H3;1H3. The lowest BCUT2D eigenvalue weighted by molar-refractivity contribution is -0.115. The molecule has 0 aliphatic heterocycles. The number of amides is 1. The molecule has 0 heterocycles. The fraction of sp³-hybridized carbons (Fsp3) is 0.750. The molecule has 0 saturated heterocycles. The molecule has 0 aliphatic carbocycles. The first kappa shape index (κ1) is 15.7. The van der Waals surface area contributed by atoms with Crippen molar-refractivity contribution in [2.45, 2.75) is 13.8 Å². The van der Waals surface area contributed by atoms with Crippen molar-refractivity contribution in [2.75, 3.05) is 6.61 Å². The van der Waals surface area contributed by atoms with Crippen LogP contribution in [0.3, 0.4) is 0 Å². The van der Waals surface area contributed by atoms with Crippen molar-refractivity contribution in [3.05, 3.63) is 0 Å². The van der Waals surface area contributed by atoms with E-state index in [1.165, 1.54) is 6.92 Å². The summed E-state index contributed by atoms with van der Waals surface area (Å²) in [5, 5.41) is 7.57. The number of aliphatic hydroxyl groups is 1. The van der Waals surface area contributed by atoms with Crippen molar-refractivity contribution < 1.29 is 9.90 Å². The highest BCUT2D eigenvalue weighted by Gasteiger charge is 1.61. The zero-order valence-corrected chi connectivity index (χ0v) is 5.35. The van der Waals surface area contributed by atoms with E-state index in [2.05, 4.69) is 5.73 Å². The number of aliphatic hydroxyl groups excluding tert-OH is 1. The number of primary amides is 1. The summed E-state index contributed by atoms with van der Waals surface area (Å²) in [5.41, 5.74) is 4.47. The van der Waals surface area contributed by atoms with Crippen molar-refractivity contribution in [3.63, 3.8) is 0 Å². The highest BCUT2D eigenvalue weighted by molar-refractivity contribution is 5.70. The number of nitrogens with two attached hydrogens (primary N) is 1. The van der Waals surface area contributed by atoms with E-state index in [0.29, 0.717) is 0 Å². The molecule has 4 heteroatoms. The molecule has 0 spiro atoms. The van der Waals surface area contributed by atoms with Crippen LogP contribution in [0.25, 0.3) is 0 Å². The molecule has 1 amide bonds. The van der Waals surface area contributed by atoms with Crippen LogP contribution in [0, 0.1) is 0 Å². The minimum Gasteiger partial charge on any atom is -0.397 e. The Labute approximate surface area is 49.3 Å². The maximum absolute atomic E-state index is 9.22.